The summed E-state index contributed by atoms with van der Waals surface area (Å²) in [6.45, 7) is 4.64. The number of hydrogen-bond acceptors (Lipinski definition) is 3. The van der Waals surface area contributed by atoms with Crippen molar-refractivity contribution < 1.29 is 0 Å². The van der Waals surface area contributed by atoms with E-state index in [2.05, 4.69) is 65.5 Å². The average Bonchev–Trinajstić information content (AvgIpc) is 3.03. The Morgan fingerprint density at radius 2 is 2.05 bits per heavy atom. The molecule has 0 bridgehead atoms. The minimum absolute atomic E-state index is 0.497. The minimum Gasteiger partial charge on any atom is -0.307 e. The van der Waals surface area contributed by atoms with Crippen molar-refractivity contribution in [2.75, 3.05) is 19.3 Å². The molecule has 116 valence electrons. The normalized spacial score (nSPS) is 34.2. The van der Waals surface area contributed by atoms with Crippen LogP contribution in [0, 0.1) is 0 Å². The van der Waals surface area contributed by atoms with E-state index < -0.39 is 0 Å². The van der Waals surface area contributed by atoms with Gasteiger partial charge in [-0.3, -0.25) is 4.90 Å². The Balaban J connectivity index is 1.76. The lowest BCUT2D eigenvalue weighted by atomic mass is 9.98. The number of nitrogens with zero attached hydrogens (tertiary/aromatic N) is 1. The van der Waals surface area contributed by atoms with E-state index in [4.69, 9.17) is 0 Å². The summed E-state index contributed by atoms with van der Waals surface area (Å²) in [4.78, 5) is 2.84. The summed E-state index contributed by atoms with van der Waals surface area (Å²) in [5.74, 6) is 0. The molecular formula is C18H28N2S. The van der Waals surface area contributed by atoms with Gasteiger partial charge in [0.25, 0.3) is 0 Å². The molecule has 2 aliphatic rings. The van der Waals surface area contributed by atoms with Gasteiger partial charge in [0.1, 0.15) is 0 Å². The van der Waals surface area contributed by atoms with Gasteiger partial charge in [0.15, 0.2) is 0 Å². The van der Waals surface area contributed by atoms with E-state index in [9.17, 15) is 0 Å². The molecular weight excluding hydrogens is 276 g/mol. The predicted molar refractivity (Wildman–Crippen MR) is 92.9 cm³/mol. The summed E-state index contributed by atoms with van der Waals surface area (Å²) < 4.78 is 0. The van der Waals surface area contributed by atoms with Gasteiger partial charge in [-0.2, -0.15) is 11.8 Å². The molecule has 0 spiro atoms. The molecule has 2 nitrogen and oxygen atoms in total. The Hall–Kier alpha value is -0.510. The van der Waals surface area contributed by atoms with Crippen molar-refractivity contribution in [2.45, 2.75) is 56.0 Å². The highest BCUT2D eigenvalue weighted by molar-refractivity contribution is 7.99. The van der Waals surface area contributed by atoms with E-state index >= 15 is 0 Å². The van der Waals surface area contributed by atoms with Crippen LogP contribution in [0.5, 0.6) is 0 Å². The van der Waals surface area contributed by atoms with Crippen LogP contribution < -0.4 is 5.32 Å². The summed E-state index contributed by atoms with van der Waals surface area (Å²) >= 11 is 2.08. The molecule has 4 atom stereocenters. The zero-order valence-electron chi connectivity index (χ0n) is 13.3. The molecule has 4 unspecified atom stereocenters. The van der Waals surface area contributed by atoms with Crippen LogP contribution in [-0.4, -0.2) is 41.6 Å². The topological polar surface area (TPSA) is 15.3 Å². The molecule has 0 radical (unpaired) electrons. The number of benzene rings is 1. The van der Waals surface area contributed by atoms with Crippen LogP contribution >= 0.6 is 11.8 Å². The Labute approximate surface area is 133 Å². The fourth-order valence-corrected chi connectivity index (χ4v) is 5.08. The summed E-state index contributed by atoms with van der Waals surface area (Å²) in [6, 6.07) is 13.0. The van der Waals surface area contributed by atoms with Crippen molar-refractivity contribution in [3.63, 3.8) is 0 Å². The van der Waals surface area contributed by atoms with Crippen LogP contribution in [-0.2, 0) is 0 Å². The SMILES string of the molecule is CCC1CNC(c2ccccc2)CN1C1CCCC1SC. The highest BCUT2D eigenvalue weighted by Gasteiger charge is 2.38. The van der Waals surface area contributed by atoms with Gasteiger partial charge in [0.05, 0.1) is 0 Å². The summed E-state index contributed by atoms with van der Waals surface area (Å²) in [5.41, 5.74) is 1.44. The standard InChI is InChI=1S/C18H28N2S/c1-3-15-12-19-16(14-8-5-4-6-9-14)13-20(15)17-10-7-11-18(17)21-2/h4-6,8-9,15-19H,3,7,10-13H2,1-2H3. The van der Waals surface area contributed by atoms with E-state index in [-0.39, 0.29) is 0 Å². The molecule has 1 aliphatic carbocycles. The van der Waals surface area contributed by atoms with E-state index in [0.29, 0.717) is 12.1 Å². The molecule has 3 rings (SSSR count). The van der Waals surface area contributed by atoms with Gasteiger partial charge in [-0.25, -0.2) is 0 Å². The van der Waals surface area contributed by atoms with Crippen LogP contribution in [0.15, 0.2) is 30.3 Å². The highest BCUT2D eigenvalue weighted by Crippen LogP contribution is 2.35. The van der Waals surface area contributed by atoms with Crippen molar-refractivity contribution >= 4 is 11.8 Å². The third-order valence-electron chi connectivity index (χ3n) is 5.28. The second kappa shape index (κ2) is 7.17. The Kier molecular flexibility index (Phi) is 5.25. The molecule has 0 amide bonds. The molecule has 1 heterocycles. The Bertz CT molecular complexity index is 436. The quantitative estimate of drug-likeness (QED) is 0.913. The Morgan fingerprint density at radius 1 is 1.24 bits per heavy atom. The molecule has 1 aromatic rings. The number of hydrogen-bond donors (Lipinski definition) is 1. The van der Waals surface area contributed by atoms with Crippen molar-refractivity contribution in [3.8, 4) is 0 Å². The maximum Gasteiger partial charge on any atom is 0.0450 e. The molecule has 3 heteroatoms. The van der Waals surface area contributed by atoms with Crippen molar-refractivity contribution in [2.24, 2.45) is 0 Å². The van der Waals surface area contributed by atoms with Gasteiger partial charge in [0.2, 0.25) is 0 Å². The lowest BCUT2D eigenvalue weighted by Crippen LogP contribution is -2.57. The van der Waals surface area contributed by atoms with Crippen LogP contribution in [0.1, 0.15) is 44.2 Å². The van der Waals surface area contributed by atoms with Crippen LogP contribution in [0.3, 0.4) is 0 Å². The minimum atomic E-state index is 0.497. The largest absolute Gasteiger partial charge is 0.307 e. The molecule has 1 saturated heterocycles. The first kappa shape index (κ1) is 15.4. The van der Waals surface area contributed by atoms with Crippen LogP contribution in [0.4, 0.5) is 0 Å². The van der Waals surface area contributed by atoms with Gasteiger partial charge in [-0.05, 0) is 31.1 Å². The van der Waals surface area contributed by atoms with Gasteiger partial charge >= 0.3 is 0 Å². The molecule has 2 fully saturated rings. The fraction of sp³-hybridized carbons (Fsp3) is 0.667. The van der Waals surface area contributed by atoms with Crippen LogP contribution in [0.25, 0.3) is 0 Å². The van der Waals surface area contributed by atoms with Crippen molar-refractivity contribution in [1.82, 2.24) is 10.2 Å². The summed E-state index contributed by atoms with van der Waals surface area (Å²) in [7, 11) is 0. The number of thioether (sulfide) groups is 1. The third kappa shape index (κ3) is 3.30. The Morgan fingerprint density at radius 3 is 2.76 bits per heavy atom. The summed E-state index contributed by atoms with van der Waals surface area (Å²) in [6.07, 6.45) is 7.76. The van der Waals surface area contributed by atoms with Gasteiger partial charge in [0, 0.05) is 36.5 Å². The lowest BCUT2D eigenvalue weighted by molar-refractivity contribution is 0.0831. The van der Waals surface area contributed by atoms with Gasteiger partial charge in [-0.1, -0.05) is 43.7 Å². The second-order valence-corrected chi connectivity index (χ2v) is 7.48. The number of piperazine rings is 1. The van der Waals surface area contributed by atoms with Crippen molar-refractivity contribution in [1.29, 1.82) is 0 Å². The summed E-state index contributed by atoms with van der Waals surface area (Å²) in [5, 5.41) is 4.62. The van der Waals surface area contributed by atoms with E-state index in [0.717, 1.165) is 17.8 Å². The van der Waals surface area contributed by atoms with Crippen molar-refractivity contribution in [3.05, 3.63) is 35.9 Å². The molecule has 1 N–H and O–H groups in total. The van der Waals surface area contributed by atoms with E-state index in [1.807, 2.05) is 0 Å². The lowest BCUT2D eigenvalue weighted by Gasteiger charge is -2.45. The first-order valence-corrected chi connectivity index (χ1v) is 9.69. The third-order valence-corrected chi connectivity index (χ3v) is 6.44. The maximum absolute atomic E-state index is 3.77. The fourth-order valence-electron chi connectivity index (χ4n) is 4.07. The second-order valence-electron chi connectivity index (χ2n) is 6.40. The highest BCUT2D eigenvalue weighted by atomic mass is 32.2. The molecule has 1 aliphatic heterocycles. The zero-order valence-corrected chi connectivity index (χ0v) is 14.1. The zero-order chi connectivity index (χ0) is 14.7. The number of rotatable bonds is 4. The first-order valence-electron chi connectivity index (χ1n) is 8.40. The monoisotopic (exact) mass is 304 g/mol. The maximum atomic E-state index is 3.77. The first-order chi connectivity index (χ1) is 10.3. The van der Waals surface area contributed by atoms with Crippen LogP contribution in [0.2, 0.25) is 0 Å². The van der Waals surface area contributed by atoms with E-state index in [1.54, 1.807) is 0 Å². The van der Waals surface area contributed by atoms with Gasteiger partial charge in [-0.15, -0.1) is 0 Å². The molecule has 1 saturated carbocycles. The smallest absolute Gasteiger partial charge is 0.0450 e. The molecule has 1 aromatic carbocycles. The van der Waals surface area contributed by atoms with Gasteiger partial charge < -0.3 is 5.32 Å². The predicted octanol–water partition coefficient (Wildman–Crippen LogP) is 3.70. The molecule has 0 aromatic heterocycles. The molecule has 21 heavy (non-hydrogen) atoms. The van der Waals surface area contributed by atoms with E-state index in [1.165, 1.54) is 37.8 Å². The number of nitrogens with one attached hydrogen (secondary N) is 1. The average molecular weight is 305 g/mol.